The molecular formula is C50H33NS. The smallest absolute Gasteiger partial charge is 0.0468 e. The molecule has 0 aliphatic carbocycles. The molecule has 0 spiro atoms. The lowest BCUT2D eigenvalue weighted by Gasteiger charge is -2.26. The quantitative estimate of drug-likeness (QED) is 0.158. The summed E-state index contributed by atoms with van der Waals surface area (Å²) in [5.74, 6) is 0. The van der Waals surface area contributed by atoms with Gasteiger partial charge < -0.3 is 4.90 Å². The Balaban J connectivity index is 1.18. The molecule has 52 heavy (non-hydrogen) atoms. The van der Waals surface area contributed by atoms with Gasteiger partial charge in [-0.3, -0.25) is 0 Å². The lowest BCUT2D eigenvalue weighted by molar-refractivity contribution is 1.29. The number of nitrogens with zero attached hydrogens (tertiary/aromatic N) is 1. The molecule has 0 fully saturated rings. The summed E-state index contributed by atoms with van der Waals surface area (Å²) in [5, 5.41) is 7.64. The first kappa shape index (κ1) is 30.4. The van der Waals surface area contributed by atoms with Crippen molar-refractivity contribution in [3.8, 4) is 33.4 Å². The standard InChI is InChI=1S/C50H33NS/c1-4-15-34(16-5-1)49-44-25-11-10-23-41(44)42-29-27-37(32-46(42)50(49)35-17-6-2-7-18-35)36-19-14-22-39(31-36)51(38-20-8-3-9-21-38)40-28-30-48-45(33-40)43-24-12-13-26-47(43)52-48/h1-33H. The van der Waals surface area contributed by atoms with E-state index in [2.05, 4.69) is 205 Å². The predicted molar refractivity (Wildman–Crippen MR) is 225 cm³/mol. The number of para-hydroxylation sites is 1. The Labute approximate surface area is 307 Å². The molecule has 0 aliphatic heterocycles. The fourth-order valence-corrected chi connectivity index (χ4v) is 8.97. The van der Waals surface area contributed by atoms with Crippen LogP contribution in [0, 0.1) is 0 Å². The van der Waals surface area contributed by atoms with Crippen LogP contribution in [-0.4, -0.2) is 0 Å². The van der Waals surface area contributed by atoms with Crippen molar-refractivity contribution in [2.24, 2.45) is 0 Å². The number of fused-ring (bicyclic) bond motifs is 6. The molecule has 0 N–H and O–H groups in total. The average molecular weight is 680 g/mol. The Hall–Kier alpha value is -6.48. The van der Waals surface area contributed by atoms with Crippen molar-refractivity contribution in [3.05, 3.63) is 200 Å². The van der Waals surface area contributed by atoms with Crippen molar-refractivity contribution >= 4 is 70.1 Å². The van der Waals surface area contributed by atoms with Gasteiger partial charge in [0.15, 0.2) is 0 Å². The van der Waals surface area contributed by atoms with Crippen LogP contribution in [0.5, 0.6) is 0 Å². The number of rotatable bonds is 6. The first-order valence-corrected chi connectivity index (χ1v) is 18.6. The number of hydrogen-bond acceptors (Lipinski definition) is 2. The van der Waals surface area contributed by atoms with Crippen molar-refractivity contribution in [1.29, 1.82) is 0 Å². The molecule has 1 aromatic heterocycles. The maximum atomic E-state index is 2.41. The van der Waals surface area contributed by atoms with Crippen LogP contribution in [0.4, 0.5) is 17.1 Å². The third kappa shape index (κ3) is 5.16. The van der Waals surface area contributed by atoms with E-state index in [-0.39, 0.29) is 0 Å². The second-order valence-corrected chi connectivity index (χ2v) is 14.4. The van der Waals surface area contributed by atoms with Gasteiger partial charge in [-0.2, -0.15) is 0 Å². The van der Waals surface area contributed by atoms with Gasteiger partial charge in [-0.05, 0) is 110 Å². The van der Waals surface area contributed by atoms with E-state index in [9.17, 15) is 0 Å². The van der Waals surface area contributed by atoms with E-state index in [4.69, 9.17) is 0 Å². The molecule has 10 rings (SSSR count). The summed E-state index contributed by atoms with van der Waals surface area (Å²) in [6.45, 7) is 0. The van der Waals surface area contributed by atoms with Gasteiger partial charge in [-0.1, -0.05) is 146 Å². The molecule has 244 valence electrons. The summed E-state index contributed by atoms with van der Waals surface area (Å²) >= 11 is 1.86. The monoisotopic (exact) mass is 679 g/mol. The zero-order valence-electron chi connectivity index (χ0n) is 28.4. The molecule has 0 atom stereocenters. The predicted octanol–water partition coefficient (Wildman–Crippen LogP) is 14.8. The van der Waals surface area contributed by atoms with Crippen molar-refractivity contribution in [1.82, 2.24) is 0 Å². The summed E-state index contributed by atoms with van der Waals surface area (Å²) in [4.78, 5) is 2.38. The molecule has 10 aromatic rings. The third-order valence-corrected chi connectivity index (χ3v) is 11.4. The minimum Gasteiger partial charge on any atom is -0.310 e. The van der Waals surface area contributed by atoms with Crippen LogP contribution < -0.4 is 4.90 Å². The lowest BCUT2D eigenvalue weighted by atomic mass is 9.84. The maximum Gasteiger partial charge on any atom is 0.0468 e. The normalized spacial score (nSPS) is 11.5. The average Bonchev–Trinajstić information content (AvgIpc) is 3.59. The second kappa shape index (κ2) is 12.7. The first-order chi connectivity index (χ1) is 25.8. The van der Waals surface area contributed by atoms with Gasteiger partial charge in [0.25, 0.3) is 0 Å². The molecule has 2 heteroatoms. The summed E-state index contributed by atoms with van der Waals surface area (Å²) in [6.07, 6.45) is 0. The highest BCUT2D eigenvalue weighted by molar-refractivity contribution is 7.25. The van der Waals surface area contributed by atoms with Crippen LogP contribution in [0.15, 0.2) is 200 Å². The van der Waals surface area contributed by atoms with Crippen LogP contribution >= 0.6 is 11.3 Å². The summed E-state index contributed by atoms with van der Waals surface area (Å²) in [6, 6.07) is 72.9. The Morgan fingerprint density at radius 3 is 1.54 bits per heavy atom. The second-order valence-electron chi connectivity index (χ2n) is 13.3. The summed E-state index contributed by atoms with van der Waals surface area (Å²) in [5.41, 5.74) is 10.7. The fourth-order valence-electron chi connectivity index (χ4n) is 7.88. The van der Waals surface area contributed by atoms with E-state index in [1.54, 1.807) is 0 Å². The van der Waals surface area contributed by atoms with E-state index in [0.29, 0.717) is 0 Å². The SMILES string of the molecule is c1ccc(-c2c(-c3ccccc3)c3cc(-c4cccc(N(c5ccccc5)c5ccc6sc7ccccc7c6c5)c4)ccc3c3ccccc23)cc1. The maximum absolute atomic E-state index is 2.41. The molecular weight excluding hydrogens is 647 g/mol. The van der Waals surface area contributed by atoms with E-state index in [1.165, 1.54) is 75.1 Å². The van der Waals surface area contributed by atoms with E-state index < -0.39 is 0 Å². The van der Waals surface area contributed by atoms with Gasteiger partial charge in [0.05, 0.1) is 0 Å². The van der Waals surface area contributed by atoms with Crippen molar-refractivity contribution in [2.75, 3.05) is 4.90 Å². The van der Waals surface area contributed by atoms with Crippen molar-refractivity contribution in [2.45, 2.75) is 0 Å². The largest absolute Gasteiger partial charge is 0.310 e. The minimum absolute atomic E-state index is 1.12. The van der Waals surface area contributed by atoms with Crippen LogP contribution in [0.1, 0.15) is 0 Å². The number of anilines is 3. The van der Waals surface area contributed by atoms with Gasteiger partial charge in [0.1, 0.15) is 0 Å². The molecule has 0 radical (unpaired) electrons. The topological polar surface area (TPSA) is 3.24 Å². The van der Waals surface area contributed by atoms with Gasteiger partial charge in [0.2, 0.25) is 0 Å². The third-order valence-electron chi connectivity index (χ3n) is 10.2. The van der Waals surface area contributed by atoms with Crippen molar-refractivity contribution in [3.63, 3.8) is 0 Å². The molecule has 9 aromatic carbocycles. The highest BCUT2D eigenvalue weighted by Gasteiger charge is 2.19. The van der Waals surface area contributed by atoms with E-state index >= 15 is 0 Å². The van der Waals surface area contributed by atoms with Crippen LogP contribution in [-0.2, 0) is 0 Å². The van der Waals surface area contributed by atoms with E-state index in [0.717, 1.165) is 17.1 Å². The first-order valence-electron chi connectivity index (χ1n) is 17.8. The molecule has 1 heterocycles. The zero-order chi connectivity index (χ0) is 34.4. The van der Waals surface area contributed by atoms with Gasteiger partial charge in [-0.15, -0.1) is 11.3 Å². The van der Waals surface area contributed by atoms with Gasteiger partial charge >= 0.3 is 0 Å². The number of benzene rings is 9. The Morgan fingerprint density at radius 1 is 0.269 bits per heavy atom. The lowest BCUT2D eigenvalue weighted by Crippen LogP contribution is -2.09. The summed E-state index contributed by atoms with van der Waals surface area (Å²) < 4.78 is 2.62. The van der Waals surface area contributed by atoms with Crippen LogP contribution in [0.25, 0.3) is 75.1 Å². The molecule has 0 unspecified atom stereocenters. The minimum atomic E-state index is 1.12. The van der Waals surface area contributed by atoms with E-state index in [1.807, 2.05) is 11.3 Å². The molecule has 0 amide bonds. The molecule has 0 aliphatic rings. The van der Waals surface area contributed by atoms with Crippen molar-refractivity contribution < 1.29 is 0 Å². The Kier molecular flexibility index (Phi) is 7.41. The summed E-state index contributed by atoms with van der Waals surface area (Å²) in [7, 11) is 0. The number of thiophene rings is 1. The van der Waals surface area contributed by atoms with Gasteiger partial charge in [-0.25, -0.2) is 0 Å². The highest BCUT2D eigenvalue weighted by Crippen LogP contribution is 2.46. The Morgan fingerprint density at radius 2 is 0.788 bits per heavy atom. The molecule has 0 bridgehead atoms. The van der Waals surface area contributed by atoms with Crippen LogP contribution in [0.3, 0.4) is 0 Å². The molecule has 0 saturated carbocycles. The highest BCUT2D eigenvalue weighted by atomic mass is 32.1. The van der Waals surface area contributed by atoms with Crippen LogP contribution in [0.2, 0.25) is 0 Å². The van der Waals surface area contributed by atoms with Gasteiger partial charge in [0, 0.05) is 37.2 Å². The zero-order valence-corrected chi connectivity index (χ0v) is 29.2. The molecule has 1 nitrogen and oxygen atoms in total. The Bertz CT molecular complexity index is 2890. The molecule has 0 saturated heterocycles. The fraction of sp³-hybridized carbons (Fsp3) is 0. The number of hydrogen-bond donors (Lipinski definition) is 0.